The lowest BCUT2D eigenvalue weighted by Gasteiger charge is -2.20. The van der Waals surface area contributed by atoms with E-state index in [1.165, 1.54) is 67.2 Å². The Bertz CT molecular complexity index is 709. The van der Waals surface area contributed by atoms with Crippen LogP contribution in [0.4, 0.5) is 0 Å². The minimum absolute atomic E-state index is 0.821. The van der Waals surface area contributed by atoms with E-state index in [4.69, 9.17) is 4.74 Å². The summed E-state index contributed by atoms with van der Waals surface area (Å²) in [6, 6.07) is 17.6. The zero-order valence-electron chi connectivity index (χ0n) is 17.0. The van der Waals surface area contributed by atoms with E-state index in [0.29, 0.717) is 0 Å². The summed E-state index contributed by atoms with van der Waals surface area (Å²) in [5.41, 5.74) is 5.44. The molecule has 0 aromatic heterocycles. The molecule has 0 fully saturated rings. The van der Waals surface area contributed by atoms with Crippen LogP contribution in [0.1, 0.15) is 70.8 Å². The van der Waals surface area contributed by atoms with Crippen LogP contribution in [0.25, 0.3) is 16.7 Å². The molecule has 1 atom stereocenters. The van der Waals surface area contributed by atoms with Gasteiger partial charge in [-0.1, -0.05) is 82.0 Å². The van der Waals surface area contributed by atoms with Gasteiger partial charge in [-0.05, 0) is 66.0 Å². The largest absolute Gasteiger partial charge is 0.494 e. The monoisotopic (exact) mass is 362 g/mol. The van der Waals surface area contributed by atoms with Crippen molar-refractivity contribution >= 4 is 5.57 Å². The summed E-state index contributed by atoms with van der Waals surface area (Å²) < 4.78 is 5.85. The lowest BCUT2D eigenvalue weighted by atomic mass is 9.85. The minimum atomic E-state index is 0.821. The van der Waals surface area contributed by atoms with Gasteiger partial charge in [-0.2, -0.15) is 0 Å². The maximum absolute atomic E-state index is 5.85. The Labute approximate surface area is 165 Å². The molecule has 2 aromatic rings. The van der Waals surface area contributed by atoms with Gasteiger partial charge in [0.25, 0.3) is 0 Å². The fourth-order valence-corrected chi connectivity index (χ4v) is 3.86. The maximum Gasteiger partial charge on any atom is 0.119 e. The van der Waals surface area contributed by atoms with E-state index >= 15 is 0 Å². The standard InChI is InChI=1S/C26H34O/c1-3-5-6-7-20-27-26-18-16-25(17-19-26)24-14-12-23(13-15-24)22-10-8-21(4-2)9-11-22/h10,12-19,21H,3-9,11,20H2,1-2H3. The molecule has 27 heavy (non-hydrogen) atoms. The first-order valence-corrected chi connectivity index (χ1v) is 10.8. The molecule has 0 radical (unpaired) electrons. The van der Waals surface area contributed by atoms with Gasteiger partial charge in [0.2, 0.25) is 0 Å². The molecule has 0 heterocycles. The van der Waals surface area contributed by atoms with E-state index in [9.17, 15) is 0 Å². The lowest BCUT2D eigenvalue weighted by Crippen LogP contribution is -2.03. The molecule has 0 aliphatic heterocycles. The normalized spacial score (nSPS) is 16.8. The molecule has 1 nitrogen and oxygen atoms in total. The van der Waals surface area contributed by atoms with Gasteiger partial charge in [-0.3, -0.25) is 0 Å². The molecule has 2 aromatic carbocycles. The van der Waals surface area contributed by atoms with Gasteiger partial charge in [0.1, 0.15) is 5.75 Å². The van der Waals surface area contributed by atoms with Gasteiger partial charge < -0.3 is 4.74 Å². The molecule has 1 aliphatic rings. The first-order valence-electron chi connectivity index (χ1n) is 10.8. The Morgan fingerprint density at radius 2 is 1.48 bits per heavy atom. The summed E-state index contributed by atoms with van der Waals surface area (Å²) in [7, 11) is 0. The van der Waals surface area contributed by atoms with Gasteiger partial charge in [-0.25, -0.2) is 0 Å². The van der Waals surface area contributed by atoms with E-state index in [1.54, 1.807) is 0 Å². The fourth-order valence-electron chi connectivity index (χ4n) is 3.86. The van der Waals surface area contributed by atoms with Gasteiger partial charge in [0.15, 0.2) is 0 Å². The number of unbranched alkanes of at least 4 members (excludes halogenated alkanes) is 3. The second kappa shape index (κ2) is 10.3. The van der Waals surface area contributed by atoms with Crippen molar-refractivity contribution in [2.75, 3.05) is 6.61 Å². The summed E-state index contributed by atoms with van der Waals surface area (Å²) >= 11 is 0. The zero-order valence-corrected chi connectivity index (χ0v) is 17.0. The molecule has 0 saturated heterocycles. The number of ether oxygens (including phenoxy) is 1. The van der Waals surface area contributed by atoms with Crippen molar-refractivity contribution in [2.24, 2.45) is 5.92 Å². The zero-order chi connectivity index (χ0) is 18.9. The average Bonchev–Trinajstić information content (AvgIpc) is 2.74. The van der Waals surface area contributed by atoms with Crippen LogP contribution >= 0.6 is 0 Å². The molecule has 0 saturated carbocycles. The van der Waals surface area contributed by atoms with E-state index in [2.05, 4.69) is 68.5 Å². The van der Waals surface area contributed by atoms with Crippen molar-refractivity contribution in [3.05, 3.63) is 60.2 Å². The third-order valence-corrected chi connectivity index (χ3v) is 5.81. The molecule has 0 amide bonds. The minimum Gasteiger partial charge on any atom is -0.494 e. The Morgan fingerprint density at radius 1 is 0.815 bits per heavy atom. The first-order chi connectivity index (χ1) is 13.3. The number of rotatable bonds is 9. The van der Waals surface area contributed by atoms with Crippen molar-refractivity contribution in [1.29, 1.82) is 0 Å². The maximum atomic E-state index is 5.85. The van der Waals surface area contributed by atoms with Crippen LogP contribution in [0.5, 0.6) is 5.75 Å². The van der Waals surface area contributed by atoms with E-state index < -0.39 is 0 Å². The topological polar surface area (TPSA) is 9.23 Å². The summed E-state index contributed by atoms with van der Waals surface area (Å²) in [4.78, 5) is 0. The number of hydrogen-bond acceptors (Lipinski definition) is 1. The number of hydrogen-bond donors (Lipinski definition) is 0. The third-order valence-electron chi connectivity index (χ3n) is 5.81. The Kier molecular flexibility index (Phi) is 7.56. The summed E-state index contributed by atoms with van der Waals surface area (Å²) in [6.07, 6.45) is 12.5. The molecule has 0 bridgehead atoms. The highest BCUT2D eigenvalue weighted by Crippen LogP contribution is 2.32. The second-order valence-electron chi connectivity index (χ2n) is 7.79. The van der Waals surface area contributed by atoms with E-state index in [-0.39, 0.29) is 0 Å². The third kappa shape index (κ3) is 5.73. The lowest BCUT2D eigenvalue weighted by molar-refractivity contribution is 0.305. The van der Waals surface area contributed by atoms with Crippen LogP contribution in [0, 0.1) is 5.92 Å². The smallest absolute Gasteiger partial charge is 0.119 e. The molecule has 1 heteroatoms. The van der Waals surface area contributed by atoms with Crippen molar-refractivity contribution < 1.29 is 4.74 Å². The molecule has 3 rings (SSSR count). The van der Waals surface area contributed by atoms with Crippen LogP contribution < -0.4 is 4.74 Å². The number of benzene rings is 2. The highest BCUT2D eigenvalue weighted by Gasteiger charge is 2.13. The predicted octanol–water partition coefficient (Wildman–Crippen LogP) is 7.91. The molecule has 1 aliphatic carbocycles. The SMILES string of the molecule is CCCCCCOc1ccc(-c2ccc(C3=CCC(CC)CC3)cc2)cc1. The van der Waals surface area contributed by atoms with Crippen LogP contribution in [0.2, 0.25) is 0 Å². The Hall–Kier alpha value is -2.02. The van der Waals surface area contributed by atoms with E-state index in [1.807, 2.05) is 0 Å². The van der Waals surface area contributed by atoms with Crippen LogP contribution in [-0.4, -0.2) is 6.61 Å². The van der Waals surface area contributed by atoms with Crippen LogP contribution in [0.3, 0.4) is 0 Å². The first kappa shape index (κ1) is 19.7. The second-order valence-corrected chi connectivity index (χ2v) is 7.79. The Balaban J connectivity index is 1.56. The molecule has 0 N–H and O–H groups in total. The molecular weight excluding hydrogens is 328 g/mol. The predicted molar refractivity (Wildman–Crippen MR) is 117 cm³/mol. The summed E-state index contributed by atoms with van der Waals surface area (Å²) in [5, 5.41) is 0. The molecule has 0 spiro atoms. The van der Waals surface area contributed by atoms with E-state index in [0.717, 1.165) is 24.7 Å². The van der Waals surface area contributed by atoms with Gasteiger partial charge in [0, 0.05) is 0 Å². The summed E-state index contributed by atoms with van der Waals surface area (Å²) in [5.74, 6) is 1.87. The highest BCUT2D eigenvalue weighted by atomic mass is 16.5. The van der Waals surface area contributed by atoms with Crippen molar-refractivity contribution in [3.8, 4) is 16.9 Å². The van der Waals surface area contributed by atoms with Crippen molar-refractivity contribution in [3.63, 3.8) is 0 Å². The van der Waals surface area contributed by atoms with Crippen LogP contribution in [0.15, 0.2) is 54.6 Å². The average molecular weight is 363 g/mol. The fraction of sp³-hybridized carbons (Fsp3) is 0.462. The molecule has 144 valence electrons. The van der Waals surface area contributed by atoms with Crippen molar-refractivity contribution in [2.45, 2.75) is 65.2 Å². The summed E-state index contributed by atoms with van der Waals surface area (Å²) in [6.45, 7) is 5.36. The molecular formula is C26H34O. The highest BCUT2D eigenvalue weighted by molar-refractivity contribution is 5.71. The van der Waals surface area contributed by atoms with Gasteiger partial charge >= 0.3 is 0 Å². The van der Waals surface area contributed by atoms with Crippen molar-refractivity contribution in [1.82, 2.24) is 0 Å². The quantitative estimate of drug-likeness (QED) is 0.412. The van der Waals surface area contributed by atoms with Gasteiger partial charge in [0.05, 0.1) is 6.61 Å². The van der Waals surface area contributed by atoms with Gasteiger partial charge in [-0.15, -0.1) is 0 Å². The molecule has 1 unspecified atom stereocenters. The Morgan fingerprint density at radius 3 is 2.07 bits per heavy atom. The van der Waals surface area contributed by atoms with Crippen LogP contribution in [-0.2, 0) is 0 Å². The number of allylic oxidation sites excluding steroid dienone is 2.